The molecule has 0 fully saturated rings. The minimum Gasteiger partial charge on any atom is -0.497 e. The van der Waals surface area contributed by atoms with E-state index in [1.807, 2.05) is 51.1 Å². The van der Waals surface area contributed by atoms with Crippen LogP contribution in [0.5, 0.6) is 5.75 Å². The Balaban J connectivity index is 2.19. The van der Waals surface area contributed by atoms with Gasteiger partial charge in [0, 0.05) is 6.54 Å². The molecule has 4 nitrogen and oxygen atoms in total. The van der Waals surface area contributed by atoms with Crippen molar-refractivity contribution in [1.29, 1.82) is 0 Å². The Morgan fingerprint density at radius 3 is 2.14 bits per heavy atom. The lowest BCUT2D eigenvalue weighted by atomic mass is 10.1. The molecule has 2 rings (SSSR count). The smallest absolute Gasteiger partial charge is 0.241 e. The van der Waals surface area contributed by atoms with Crippen LogP contribution in [0.1, 0.15) is 22.3 Å². The maximum absolute atomic E-state index is 12.5. The molecule has 118 valence electrons. The van der Waals surface area contributed by atoms with E-state index in [0.29, 0.717) is 4.90 Å². The van der Waals surface area contributed by atoms with E-state index < -0.39 is 10.0 Å². The summed E-state index contributed by atoms with van der Waals surface area (Å²) < 4.78 is 32.7. The number of ether oxygens (including phenoxy) is 1. The van der Waals surface area contributed by atoms with Gasteiger partial charge in [0.1, 0.15) is 5.75 Å². The Bertz CT molecular complexity index is 765. The summed E-state index contributed by atoms with van der Waals surface area (Å²) >= 11 is 0. The molecule has 0 spiro atoms. The fourth-order valence-corrected chi connectivity index (χ4v) is 3.55. The van der Waals surface area contributed by atoms with Crippen molar-refractivity contribution in [3.8, 4) is 5.75 Å². The molecule has 0 atom stereocenters. The van der Waals surface area contributed by atoms with Crippen LogP contribution >= 0.6 is 0 Å². The summed E-state index contributed by atoms with van der Waals surface area (Å²) in [6, 6.07) is 10.9. The fourth-order valence-electron chi connectivity index (χ4n) is 2.22. The number of hydrogen-bond acceptors (Lipinski definition) is 3. The summed E-state index contributed by atoms with van der Waals surface area (Å²) in [6.45, 7) is 5.95. The molecular formula is C17H21NO3S. The third-order valence-electron chi connectivity index (χ3n) is 3.71. The Morgan fingerprint density at radius 2 is 1.55 bits per heavy atom. The highest BCUT2D eigenvalue weighted by Gasteiger charge is 2.17. The molecule has 0 aliphatic carbocycles. The van der Waals surface area contributed by atoms with Crippen molar-refractivity contribution in [2.45, 2.75) is 32.2 Å². The van der Waals surface area contributed by atoms with Crippen LogP contribution in [0.15, 0.2) is 41.3 Å². The van der Waals surface area contributed by atoms with E-state index in [1.54, 1.807) is 13.2 Å². The van der Waals surface area contributed by atoms with Gasteiger partial charge in [0.25, 0.3) is 0 Å². The molecule has 0 saturated heterocycles. The Labute approximate surface area is 132 Å². The molecule has 22 heavy (non-hydrogen) atoms. The molecule has 0 bridgehead atoms. The molecule has 2 aromatic carbocycles. The van der Waals surface area contributed by atoms with Crippen LogP contribution < -0.4 is 9.46 Å². The van der Waals surface area contributed by atoms with Crippen LogP contribution in [0.25, 0.3) is 0 Å². The van der Waals surface area contributed by atoms with Gasteiger partial charge in [-0.25, -0.2) is 13.1 Å². The maximum Gasteiger partial charge on any atom is 0.241 e. The first-order valence-electron chi connectivity index (χ1n) is 7.04. The Hall–Kier alpha value is -1.85. The van der Waals surface area contributed by atoms with Gasteiger partial charge < -0.3 is 4.74 Å². The summed E-state index contributed by atoms with van der Waals surface area (Å²) in [5.41, 5.74) is 3.69. The second-order valence-corrected chi connectivity index (χ2v) is 7.11. The van der Waals surface area contributed by atoms with E-state index in [2.05, 4.69) is 4.72 Å². The minimum atomic E-state index is -3.53. The number of sulfonamides is 1. The second-order valence-electron chi connectivity index (χ2n) is 5.37. The summed E-state index contributed by atoms with van der Waals surface area (Å²) in [6.07, 6.45) is 0. The Kier molecular flexibility index (Phi) is 4.88. The van der Waals surface area contributed by atoms with Crippen molar-refractivity contribution < 1.29 is 13.2 Å². The van der Waals surface area contributed by atoms with E-state index >= 15 is 0 Å². The molecule has 2 aromatic rings. The molecule has 0 aromatic heterocycles. The highest BCUT2D eigenvalue weighted by atomic mass is 32.2. The summed E-state index contributed by atoms with van der Waals surface area (Å²) in [4.78, 5) is 0.337. The third-order valence-corrected chi connectivity index (χ3v) is 5.25. The van der Waals surface area contributed by atoms with Crippen molar-refractivity contribution in [3.63, 3.8) is 0 Å². The van der Waals surface area contributed by atoms with Gasteiger partial charge in [0.05, 0.1) is 12.0 Å². The third kappa shape index (κ3) is 3.67. The molecule has 0 saturated carbocycles. The van der Waals surface area contributed by atoms with Crippen LogP contribution in [-0.2, 0) is 16.6 Å². The summed E-state index contributed by atoms with van der Waals surface area (Å²) in [7, 11) is -1.93. The predicted octanol–water partition coefficient (Wildman–Crippen LogP) is 3.10. The van der Waals surface area contributed by atoms with Crippen LogP contribution in [0, 0.1) is 20.8 Å². The summed E-state index contributed by atoms with van der Waals surface area (Å²) in [5.74, 6) is 0.747. The van der Waals surface area contributed by atoms with Gasteiger partial charge in [-0.1, -0.05) is 18.2 Å². The van der Waals surface area contributed by atoms with Crippen molar-refractivity contribution in [1.82, 2.24) is 4.72 Å². The maximum atomic E-state index is 12.5. The topological polar surface area (TPSA) is 55.4 Å². The molecule has 0 aliphatic rings. The first kappa shape index (κ1) is 16.5. The van der Waals surface area contributed by atoms with Crippen molar-refractivity contribution in [3.05, 3.63) is 58.7 Å². The molecule has 0 heterocycles. The number of hydrogen-bond donors (Lipinski definition) is 1. The Morgan fingerprint density at radius 1 is 0.955 bits per heavy atom. The average Bonchev–Trinajstić information content (AvgIpc) is 2.49. The van der Waals surface area contributed by atoms with Gasteiger partial charge in [-0.05, 0) is 61.2 Å². The van der Waals surface area contributed by atoms with Gasteiger partial charge in [-0.15, -0.1) is 0 Å². The second kappa shape index (κ2) is 6.50. The highest BCUT2D eigenvalue weighted by Crippen LogP contribution is 2.20. The minimum absolute atomic E-state index is 0.249. The van der Waals surface area contributed by atoms with Gasteiger partial charge in [-0.3, -0.25) is 0 Å². The van der Waals surface area contributed by atoms with Crippen LogP contribution in [0.2, 0.25) is 0 Å². The van der Waals surface area contributed by atoms with E-state index in [-0.39, 0.29) is 6.54 Å². The summed E-state index contributed by atoms with van der Waals surface area (Å²) in [5, 5.41) is 0. The molecule has 5 heteroatoms. The number of methoxy groups -OCH3 is 1. The molecule has 0 amide bonds. The van der Waals surface area contributed by atoms with E-state index in [9.17, 15) is 8.42 Å². The first-order valence-corrected chi connectivity index (χ1v) is 8.52. The normalized spacial score (nSPS) is 11.5. The molecule has 1 N–H and O–H groups in total. The van der Waals surface area contributed by atoms with Gasteiger partial charge >= 0.3 is 0 Å². The standard InChI is InChI=1S/C17H21NO3S/c1-12-9-14(3)17(10-13(12)2)22(19,20)18-11-15-5-7-16(21-4)8-6-15/h5-10,18H,11H2,1-4H3. The molecule has 0 unspecified atom stereocenters. The lowest BCUT2D eigenvalue weighted by molar-refractivity contribution is 0.414. The number of aryl methyl sites for hydroxylation is 3. The van der Waals surface area contributed by atoms with Gasteiger partial charge in [0.2, 0.25) is 10.0 Å². The number of benzene rings is 2. The largest absolute Gasteiger partial charge is 0.497 e. The van der Waals surface area contributed by atoms with Gasteiger partial charge in [-0.2, -0.15) is 0 Å². The zero-order valence-corrected chi connectivity index (χ0v) is 14.1. The average molecular weight is 319 g/mol. The predicted molar refractivity (Wildman–Crippen MR) is 87.7 cm³/mol. The van der Waals surface area contributed by atoms with E-state index in [0.717, 1.165) is 28.0 Å². The van der Waals surface area contributed by atoms with Crippen molar-refractivity contribution >= 4 is 10.0 Å². The number of rotatable bonds is 5. The zero-order valence-electron chi connectivity index (χ0n) is 13.3. The SMILES string of the molecule is COc1ccc(CNS(=O)(=O)c2cc(C)c(C)cc2C)cc1. The fraction of sp³-hybridized carbons (Fsp3) is 0.294. The first-order chi connectivity index (χ1) is 10.3. The number of nitrogens with one attached hydrogen (secondary N) is 1. The molecule has 0 aliphatic heterocycles. The van der Waals surface area contributed by atoms with E-state index in [1.165, 1.54) is 0 Å². The highest BCUT2D eigenvalue weighted by molar-refractivity contribution is 7.89. The van der Waals surface area contributed by atoms with E-state index in [4.69, 9.17) is 4.74 Å². The van der Waals surface area contributed by atoms with Crippen LogP contribution in [0.4, 0.5) is 0 Å². The van der Waals surface area contributed by atoms with Gasteiger partial charge in [0.15, 0.2) is 0 Å². The molecular weight excluding hydrogens is 298 g/mol. The van der Waals surface area contributed by atoms with Crippen molar-refractivity contribution in [2.75, 3.05) is 7.11 Å². The zero-order chi connectivity index (χ0) is 16.3. The monoisotopic (exact) mass is 319 g/mol. The van der Waals surface area contributed by atoms with Crippen LogP contribution in [0.3, 0.4) is 0 Å². The quantitative estimate of drug-likeness (QED) is 0.921. The van der Waals surface area contributed by atoms with Crippen molar-refractivity contribution in [2.24, 2.45) is 0 Å². The lowest BCUT2D eigenvalue weighted by Gasteiger charge is -2.12. The van der Waals surface area contributed by atoms with Crippen LogP contribution in [-0.4, -0.2) is 15.5 Å². The lowest BCUT2D eigenvalue weighted by Crippen LogP contribution is -2.24. The molecule has 0 radical (unpaired) electrons.